The molecule has 188 valence electrons. The Labute approximate surface area is 203 Å². The van der Waals surface area contributed by atoms with E-state index in [9.17, 15) is 8.42 Å². The number of nitrogens with zero attached hydrogens (tertiary/aromatic N) is 3. The van der Waals surface area contributed by atoms with E-state index in [1.807, 2.05) is 12.1 Å². The van der Waals surface area contributed by atoms with Gasteiger partial charge in [-0.05, 0) is 80.5 Å². The van der Waals surface area contributed by atoms with Crippen molar-refractivity contribution in [1.82, 2.24) is 9.34 Å². The van der Waals surface area contributed by atoms with Crippen molar-refractivity contribution < 1.29 is 17.9 Å². The maximum Gasteiger partial charge on any atom is 0.238 e. The van der Waals surface area contributed by atoms with Crippen LogP contribution in [-0.2, 0) is 19.5 Å². The topological polar surface area (TPSA) is 97.5 Å². The Morgan fingerprint density at radius 3 is 1.68 bits per heavy atom. The minimum atomic E-state index is -3.73. The summed E-state index contributed by atoms with van der Waals surface area (Å²) >= 11 is 0. The summed E-state index contributed by atoms with van der Waals surface area (Å²) in [6.45, 7) is 6.63. The zero-order valence-corrected chi connectivity index (χ0v) is 21.6. The molecule has 34 heavy (non-hydrogen) atoms. The largest absolute Gasteiger partial charge is 0.379 e. The molecule has 2 heterocycles. The lowest BCUT2D eigenvalue weighted by Gasteiger charge is -2.65. The van der Waals surface area contributed by atoms with Gasteiger partial charge in [-0.2, -0.15) is 0 Å². The van der Waals surface area contributed by atoms with Crippen LogP contribution >= 0.6 is 7.36 Å². The van der Waals surface area contributed by atoms with Crippen molar-refractivity contribution in [3.63, 3.8) is 0 Å². The highest BCUT2D eigenvalue weighted by atomic mass is 32.2. The van der Waals surface area contributed by atoms with Gasteiger partial charge >= 0.3 is 0 Å². The van der Waals surface area contributed by atoms with Crippen molar-refractivity contribution in [1.29, 1.82) is 0 Å². The molecule has 4 saturated carbocycles. The first-order valence-electron chi connectivity index (χ1n) is 12.8. The van der Waals surface area contributed by atoms with E-state index in [4.69, 9.17) is 19.4 Å². The predicted octanol–water partition coefficient (Wildman–Crippen LogP) is 3.63. The van der Waals surface area contributed by atoms with Gasteiger partial charge in [-0.15, -0.1) is 0 Å². The molecule has 4 aliphatic carbocycles. The SMILES string of the molecule is NS(=O)(=O)c1ccc(N=P(N2CCOCC2)(N2CCOCC2)C23CC4CC(CC(C4)C2)C3)cc1. The van der Waals surface area contributed by atoms with E-state index < -0.39 is 17.4 Å². The molecule has 1 aromatic carbocycles. The first-order valence-corrected chi connectivity index (χ1v) is 16.0. The molecule has 1 aromatic rings. The first-order chi connectivity index (χ1) is 16.4. The summed E-state index contributed by atoms with van der Waals surface area (Å²) < 4.78 is 46.5. The average Bonchev–Trinajstić information content (AvgIpc) is 2.82. The summed E-state index contributed by atoms with van der Waals surface area (Å²) in [4.78, 5) is 0.142. The minimum absolute atomic E-state index is 0.142. The third-order valence-electron chi connectivity index (χ3n) is 8.83. The van der Waals surface area contributed by atoms with Gasteiger partial charge in [0.05, 0.1) is 37.0 Å². The standard InChI is InChI=1S/C24H37N4O4PS/c25-34(29,30)23-3-1-22(2-4-23)26-33(27-5-9-31-10-6-27,28-7-11-32-12-8-28)24-16-19-13-20(17-24)15-21(14-19)18-24/h1-4,19-21H,5-18H2,(H2,25,29,30). The van der Waals surface area contributed by atoms with Crippen molar-refractivity contribution in [2.45, 2.75) is 48.6 Å². The third-order valence-corrected chi connectivity index (χ3v) is 14.5. The molecule has 2 saturated heterocycles. The predicted molar refractivity (Wildman–Crippen MR) is 133 cm³/mol. The number of hydrogen-bond donors (Lipinski definition) is 1. The fourth-order valence-electron chi connectivity index (χ4n) is 7.97. The molecular formula is C24H37N4O4PS. The van der Waals surface area contributed by atoms with E-state index in [0.717, 1.165) is 76.0 Å². The van der Waals surface area contributed by atoms with Crippen LogP contribution in [0.25, 0.3) is 0 Å². The summed E-state index contributed by atoms with van der Waals surface area (Å²) in [6.07, 6.45) is 8.03. The van der Waals surface area contributed by atoms with Crippen LogP contribution in [0.2, 0.25) is 0 Å². The molecule has 2 N–H and O–H groups in total. The minimum Gasteiger partial charge on any atom is -0.379 e. The second kappa shape index (κ2) is 8.94. The van der Waals surface area contributed by atoms with Crippen LogP contribution in [0.5, 0.6) is 0 Å². The molecule has 0 radical (unpaired) electrons. The van der Waals surface area contributed by atoms with Crippen LogP contribution in [0.1, 0.15) is 38.5 Å². The van der Waals surface area contributed by atoms with E-state index in [2.05, 4.69) is 9.34 Å². The van der Waals surface area contributed by atoms with Crippen LogP contribution in [0, 0.1) is 17.8 Å². The van der Waals surface area contributed by atoms with E-state index in [1.54, 1.807) is 12.1 Å². The third kappa shape index (κ3) is 4.01. The van der Waals surface area contributed by atoms with Gasteiger partial charge in [0, 0.05) is 31.3 Å². The zero-order chi connectivity index (χ0) is 23.4. The first kappa shape index (κ1) is 23.6. The van der Waals surface area contributed by atoms with Crippen LogP contribution in [0.4, 0.5) is 5.69 Å². The number of morpholine rings is 2. The molecular weight excluding hydrogens is 471 g/mol. The van der Waals surface area contributed by atoms with Gasteiger partial charge in [-0.1, -0.05) is 0 Å². The molecule has 6 fully saturated rings. The lowest BCUT2D eigenvalue weighted by Crippen LogP contribution is -2.57. The Morgan fingerprint density at radius 2 is 1.26 bits per heavy atom. The number of sulfonamides is 1. The number of ether oxygens (including phenoxy) is 2. The van der Waals surface area contributed by atoms with Crippen molar-refractivity contribution in [2.24, 2.45) is 27.6 Å². The molecule has 7 rings (SSSR count). The summed E-state index contributed by atoms with van der Waals surface area (Å²) in [5.41, 5.74) is 0.870. The monoisotopic (exact) mass is 508 g/mol. The van der Waals surface area contributed by atoms with Gasteiger partial charge in [0.1, 0.15) is 7.36 Å². The van der Waals surface area contributed by atoms with Gasteiger partial charge in [-0.3, -0.25) is 9.34 Å². The number of hydrogen-bond acceptors (Lipinski definition) is 5. The summed E-state index contributed by atoms with van der Waals surface area (Å²) in [5.74, 6) is 2.48. The fourth-order valence-corrected chi connectivity index (χ4v) is 13.9. The zero-order valence-electron chi connectivity index (χ0n) is 19.8. The number of nitrogens with two attached hydrogens (primary N) is 1. The van der Waals surface area contributed by atoms with Gasteiger partial charge in [0.2, 0.25) is 10.0 Å². The molecule has 2 aliphatic heterocycles. The van der Waals surface area contributed by atoms with E-state index in [0.29, 0.717) is 0 Å². The van der Waals surface area contributed by atoms with E-state index in [1.165, 1.54) is 38.5 Å². The van der Waals surface area contributed by atoms with Gasteiger partial charge in [0.25, 0.3) is 0 Å². The molecule has 8 nitrogen and oxygen atoms in total. The highest BCUT2D eigenvalue weighted by Gasteiger charge is 2.61. The summed E-state index contributed by atoms with van der Waals surface area (Å²) in [7, 11) is -5.90. The Bertz CT molecular complexity index is 1010. The Morgan fingerprint density at radius 1 is 0.824 bits per heavy atom. The molecule has 4 bridgehead atoms. The van der Waals surface area contributed by atoms with E-state index in [-0.39, 0.29) is 10.1 Å². The van der Waals surface area contributed by atoms with Crippen molar-refractivity contribution in [2.75, 3.05) is 52.6 Å². The molecule has 10 heteroatoms. The summed E-state index contributed by atoms with van der Waals surface area (Å²) in [6, 6.07) is 6.94. The van der Waals surface area contributed by atoms with Crippen molar-refractivity contribution in [3.8, 4) is 0 Å². The smallest absolute Gasteiger partial charge is 0.238 e. The van der Waals surface area contributed by atoms with Crippen LogP contribution in [0.3, 0.4) is 0 Å². The van der Waals surface area contributed by atoms with Gasteiger partial charge in [-0.25, -0.2) is 18.3 Å². The van der Waals surface area contributed by atoms with Crippen molar-refractivity contribution in [3.05, 3.63) is 24.3 Å². The maximum absolute atomic E-state index is 11.9. The van der Waals surface area contributed by atoms with E-state index >= 15 is 0 Å². The Kier molecular flexibility index (Phi) is 6.21. The molecule has 0 amide bonds. The number of primary sulfonamides is 1. The lowest BCUT2D eigenvalue weighted by atomic mass is 9.56. The van der Waals surface area contributed by atoms with Crippen LogP contribution in [-0.4, -0.2) is 75.5 Å². The summed E-state index contributed by atoms with van der Waals surface area (Å²) in [5, 5.41) is 5.58. The quantitative estimate of drug-likeness (QED) is 0.610. The molecule has 0 aromatic heterocycles. The molecule has 6 aliphatic rings. The van der Waals surface area contributed by atoms with Crippen LogP contribution in [0.15, 0.2) is 33.9 Å². The highest BCUT2D eigenvalue weighted by Crippen LogP contribution is 2.77. The molecule has 0 spiro atoms. The fraction of sp³-hybridized carbons (Fsp3) is 0.750. The molecule has 0 atom stereocenters. The number of benzene rings is 1. The van der Waals surface area contributed by atoms with Gasteiger partial charge < -0.3 is 9.47 Å². The number of rotatable bonds is 5. The Hall–Kier alpha value is -0.800. The average molecular weight is 509 g/mol. The Balaban J connectivity index is 1.54. The second-order valence-corrected chi connectivity index (χ2v) is 16.0. The highest BCUT2D eigenvalue weighted by molar-refractivity contribution is 7.89. The van der Waals surface area contributed by atoms with Crippen LogP contribution < -0.4 is 5.14 Å². The lowest BCUT2D eigenvalue weighted by molar-refractivity contribution is 0.0168. The normalized spacial score (nSPS) is 34.9. The maximum atomic E-state index is 11.9. The second-order valence-electron chi connectivity index (χ2n) is 11.0. The van der Waals surface area contributed by atoms with Gasteiger partial charge in [0.15, 0.2) is 0 Å². The molecule has 0 unspecified atom stereocenters. The van der Waals surface area contributed by atoms with Crippen molar-refractivity contribution >= 4 is 23.1 Å².